The highest BCUT2D eigenvalue weighted by Gasteiger charge is 2.27. The van der Waals surface area contributed by atoms with Gasteiger partial charge in [-0.1, -0.05) is 36.4 Å². The average molecular weight is 260 g/mol. The van der Waals surface area contributed by atoms with E-state index in [1.165, 1.54) is 12.1 Å². The van der Waals surface area contributed by atoms with Crippen molar-refractivity contribution in [2.75, 3.05) is 6.61 Å². The Morgan fingerprint density at radius 2 is 1.21 bits per heavy atom. The Labute approximate surface area is 111 Å². The molecule has 4 N–H and O–H groups in total. The van der Waals surface area contributed by atoms with E-state index in [0.717, 1.165) is 0 Å². The van der Waals surface area contributed by atoms with Gasteiger partial charge in [-0.15, -0.1) is 0 Å². The number of hydrogen-bond donors (Lipinski definition) is 4. The van der Waals surface area contributed by atoms with Crippen molar-refractivity contribution in [3.63, 3.8) is 0 Å². The number of para-hydroxylation sites is 2. The number of phenols is 2. The van der Waals surface area contributed by atoms with Gasteiger partial charge in [0.1, 0.15) is 11.5 Å². The highest BCUT2D eigenvalue weighted by molar-refractivity contribution is 5.46. The minimum absolute atomic E-state index is 0.0169. The van der Waals surface area contributed by atoms with Gasteiger partial charge in [-0.3, -0.25) is 0 Å². The quantitative estimate of drug-likeness (QED) is 0.673. The van der Waals surface area contributed by atoms with Gasteiger partial charge in [0.15, 0.2) is 0 Å². The maximum atomic E-state index is 10.0. The largest absolute Gasteiger partial charge is 0.508 e. The molecule has 0 amide bonds. The molecule has 4 nitrogen and oxygen atoms in total. The lowest BCUT2D eigenvalue weighted by molar-refractivity contribution is 0.0811. The van der Waals surface area contributed by atoms with E-state index in [4.69, 9.17) is 0 Å². The topological polar surface area (TPSA) is 80.9 Å². The molecular weight excluding hydrogens is 244 g/mol. The Hall–Kier alpha value is -2.04. The van der Waals surface area contributed by atoms with Crippen molar-refractivity contribution in [3.05, 3.63) is 59.7 Å². The van der Waals surface area contributed by atoms with Crippen LogP contribution in [0, 0.1) is 0 Å². The van der Waals surface area contributed by atoms with Crippen LogP contribution >= 0.6 is 0 Å². The zero-order valence-corrected chi connectivity index (χ0v) is 10.3. The first-order chi connectivity index (χ1) is 9.15. The summed E-state index contributed by atoms with van der Waals surface area (Å²) in [5.74, 6) is -0.654. The Bertz CT molecular complexity index is 508. The first kappa shape index (κ1) is 13.4. The fourth-order valence-corrected chi connectivity index (χ4v) is 2.19. The van der Waals surface area contributed by atoms with Crippen molar-refractivity contribution >= 4 is 0 Å². The van der Waals surface area contributed by atoms with Crippen LogP contribution in [0.2, 0.25) is 0 Å². The number of aliphatic hydroxyl groups is 2. The maximum absolute atomic E-state index is 10.0. The Morgan fingerprint density at radius 1 is 0.789 bits per heavy atom. The summed E-state index contributed by atoms with van der Waals surface area (Å²) in [4.78, 5) is 0. The van der Waals surface area contributed by atoms with Crippen LogP contribution in [0.1, 0.15) is 17.0 Å². The molecule has 0 radical (unpaired) electrons. The van der Waals surface area contributed by atoms with Crippen molar-refractivity contribution in [1.29, 1.82) is 0 Å². The van der Waals surface area contributed by atoms with E-state index in [-0.39, 0.29) is 11.5 Å². The highest BCUT2D eigenvalue weighted by atomic mass is 16.3. The van der Waals surface area contributed by atoms with Crippen LogP contribution in [-0.2, 0) is 0 Å². The monoisotopic (exact) mass is 260 g/mol. The molecule has 0 fully saturated rings. The predicted molar refractivity (Wildman–Crippen MR) is 71.1 cm³/mol. The summed E-state index contributed by atoms with van der Waals surface area (Å²) in [5, 5.41) is 39.0. The van der Waals surface area contributed by atoms with Crippen LogP contribution in [0.4, 0.5) is 0 Å². The minimum Gasteiger partial charge on any atom is -0.508 e. The van der Waals surface area contributed by atoms with E-state index in [1.54, 1.807) is 36.4 Å². The first-order valence-corrected chi connectivity index (χ1v) is 6.00. The van der Waals surface area contributed by atoms with Crippen LogP contribution < -0.4 is 0 Å². The van der Waals surface area contributed by atoms with E-state index >= 15 is 0 Å². The summed E-state index contributed by atoms with van der Waals surface area (Å²) < 4.78 is 0. The summed E-state index contributed by atoms with van der Waals surface area (Å²) in [7, 11) is 0. The number of aromatic hydroxyl groups is 2. The molecule has 0 aliphatic carbocycles. The Morgan fingerprint density at radius 3 is 1.58 bits per heavy atom. The summed E-state index contributed by atoms with van der Waals surface area (Å²) in [6.07, 6.45) is -1.11. The number of phenolic OH excluding ortho intramolecular Hbond substituents is 2. The third-order valence-electron chi connectivity index (χ3n) is 3.12. The zero-order valence-electron chi connectivity index (χ0n) is 10.3. The van der Waals surface area contributed by atoms with Crippen molar-refractivity contribution in [3.8, 4) is 11.5 Å². The van der Waals surface area contributed by atoms with Gasteiger partial charge in [0.2, 0.25) is 0 Å². The second-order valence-corrected chi connectivity index (χ2v) is 4.35. The van der Waals surface area contributed by atoms with E-state index in [9.17, 15) is 20.4 Å². The van der Waals surface area contributed by atoms with Crippen molar-refractivity contribution in [2.24, 2.45) is 0 Å². The minimum atomic E-state index is -1.11. The van der Waals surface area contributed by atoms with E-state index in [2.05, 4.69) is 0 Å². The van der Waals surface area contributed by atoms with Gasteiger partial charge in [0.05, 0.1) is 12.7 Å². The molecular formula is C15H16O4. The van der Waals surface area contributed by atoms with Gasteiger partial charge in [0.25, 0.3) is 0 Å². The number of hydrogen-bond acceptors (Lipinski definition) is 4. The van der Waals surface area contributed by atoms with E-state index in [1.807, 2.05) is 0 Å². The van der Waals surface area contributed by atoms with Crippen LogP contribution in [0.3, 0.4) is 0 Å². The standard InChI is InChI=1S/C15H16O4/c16-9-14(19)15(10-5-1-3-7-12(10)17)11-6-2-4-8-13(11)18/h1-8,14-19H,9H2. The molecule has 0 saturated heterocycles. The molecule has 2 aromatic rings. The van der Waals surface area contributed by atoms with E-state index < -0.39 is 18.6 Å². The summed E-state index contributed by atoms with van der Waals surface area (Å²) >= 11 is 0. The van der Waals surface area contributed by atoms with Crippen LogP contribution in [0.15, 0.2) is 48.5 Å². The molecule has 1 atom stereocenters. The first-order valence-electron chi connectivity index (χ1n) is 6.00. The molecule has 0 aromatic heterocycles. The second-order valence-electron chi connectivity index (χ2n) is 4.35. The Balaban J connectivity index is 2.55. The molecule has 1 unspecified atom stereocenters. The smallest absolute Gasteiger partial charge is 0.119 e. The molecule has 0 saturated carbocycles. The molecule has 2 rings (SSSR count). The molecule has 0 heterocycles. The molecule has 0 bridgehead atoms. The molecule has 100 valence electrons. The summed E-state index contributed by atoms with van der Waals surface area (Å²) in [5.41, 5.74) is 0.927. The fraction of sp³-hybridized carbons (Fsp3) is 0.200. The fourth-order valence-electron chi connectivity index (χ4n) is 2.19. The third-order valence-corrected chi connectivity index (χ3v) is 3.12. The normalized spacial score (nSPS) is 12.6. The molecule has 4 heteroatoms. The summed E-state index contributed by atoms with van der Waals surface area (Å²) in [6, 6.07) is 13.1. The number of rotatable bonds is 4. The van der Waals surface area contributed by atoms with E-state index in [0.29, 0.717) is 11.1 Å². The average Bonchev–Trinajstić information content (AvgIpc) is 2.43. The molecule has 2 aromatic carbocycles. The highest BCUT2D eigenvalue weighted by Crippen LogP contribution is 2.37. The molecule has 19 heavy (non-hydrogen) atoms. The van der Waals surface area contributed by atoms with Gasteiger partial charge >= 0.3 is 0 Å². The van der Waals surface area contributed by atoms with Crippen molar-refractivity contribution in [1.82, 2.24) is 0 Å². The lowest BCUT2D eigenvalue weighted by Crippen LogP contribution is -2.23. The van der Waals surface area contributed by atoms with Gasteiger partial charge < -0.3 is 20.4 Å². The third kappa shape index (κ3) is 2.70. The van der Waals surface area contributed by atoms with Crippen molar-refractivity contribution < 1.29 is 20.4 Å². The van der Waals surface area contributed by atoms with Crippen molar-refractivity contribution in [2.45, 2.75) is 12.0 Å². The van der Waals surface area contributed by atoms with Crippen LogP contribution in [-0.4, -0.2) is 33.1 Å². The second kappa shape index (κ2) is 5.73. The lowest BCUT2D eigenvalue weighted by Gasteiger charge is -2.23. The van der Waals surface area contributed by atoms with Gasteiger partial charge in [-0.25, -0.2) is 0 Å². The molecule has 0 aliphatic rings. The summed E-state index contributed by atoms with van der Waals surface area (Å²) in [6.45, 7) is -0.465. The maximum Gasteiger partial charge on any atom is 0.119 e. The van der Waals surface area contributed by atoms with Gasteiger partial charge in [0, 0.05) is 17.0 Å². The number of aliphatic hydroxyl groups excluding tert-OH is 2. The SMILES string of the molecule is OCC(O)C(c1ccccc1O)c1ccccc1O. The predicted octanol–water partition coefficient (Wildman–Crippen LogP) is 1.58. The zero-order chi connectivity index (χ0) is 13.8. The van der Waals surface area contributed by atoms with Gasteiger partial charge in [-0.2, -0.15) is 0 Å². The molecule has 0 aliphatic heterocycles. The van der Waals surface area contributed by atoms with Gasteiger partial charge in [-0.05, 0) is 12.1 Å². The number of benzene rings is 2. The van der Waals surface area contributed by atoms with Crippen LogP contribution in [0.5, 0.6) is 11.5 Å². The van der Waals surface area contributed by atoms with Crippen LogP contribution in [0.25, 0.3) is 0 Å². The lowest BCUT2D eigenvalue weighted by atomic mass is 9.85. The molecule has 0 spiro atoms. The Kier molecular flexibility index (Phi) is 4.04.